The predicted octanol–water partition coefficient (Wildman–Crippen LogP) is 4.24. The van der Waals surface area contributed by atoms with Crippen molar-refractivity contribution in [2.45, 2.75) is 52.0 Å². The molecule has 1 unspecified atom stereocenters. The molecule has 0 aliphatic carbocycles. The van der Waals surface area contributed by atoms with E-state index in [1.54, 1.807) is 0 Å². The van der Waals surface area contributed by atoms with E-state index in [9.17, 15) is 4.79 Å². The summed E-state index contributed by atoms with van der Waals surface area (Å²) in [7, 11) is 0. The van der Waals surface area contributed by atoms with Crippen molar-refractivity contribution < 1.29 is 4.79 Å². The summed E-state index contributed by atoms with van der Waals surface area (Å²) in [5, 5.41) is 4.90. The van der Waals surface area contributed by atoms with Crippen LogP contribution in [0.3, 0.4) is 0 Å². The molecular weight excluding hydrogens is 388 g/mol. The van der Waals surface area contributed by atoms with Crippen LogP contribution < -0.4 is 10.6 Å². The van der Waals surface area contributed by atoms with Gasteiger partial charge in [0, 0.05) is 25.2 Å². The van der Waals surface area contributed by atoms with E-state index in [0.29, 0.717) is 6.54 Å². The minimum Gasteiger partial charge on any atom is -0.351 e. The maximum Gasteiger partial charge on any atom is 0.315 e. The van der Waals surface area contributed by atoms with E-state index < -0.39 is 0 Å². The Morgan fingerprint density at radius 3 is 2.65 bits per heavy atom. The van der Waals surface area contributed by atoms with E-state index in [1.807, 2.05) is 39.7 Å². The molecule has 7 nitrogen and oxygen atoms in total. The Morgan fingerprint density at radius 2 is 1.90 bits per heavy atom. The molecular formula is C24H32N6O. The second kappa shape index (κ2) is 9.37. The highest BCUT2D eigenvalue weighted by Crippen LogP contribution is 2.25. The van der Waals surface area contributed by atoms with Crippen molar-refractivity contribution in [2.24, 2.45) is 5.73 Å². The van der Waals surface area contributed by atoms with Gasteiger partial charge >= 0.3 is 6.03 Å². The summed E-state index contributed by atoms with van der Waals surface area (Å²) < 4.78 is 1.92. The number of fused-ring (bicyclic) bond motifs is 1. The first-order chi connectivity index (χ1) is 15.1. The van der Waals surface area contributed by atoms with Crippen LogP contribution in [0.4, 0.5) is 10.6 Å². The number of primary amides is 1. The van der Waals surface area contributed by atoms with Crippen molar-refractivity contribution in [1.29, 1.82) is 0 Å². The number of unbranched alkanes of at least 4 members (excludes halogenated alkanes) is 3. The van der Waals surface area contributed by atoms with Crippen LogP contribution in [0.5, 0.6) is 0 Å². The lowest BCUT2D eigenvalue weighted by Gasteiger charge is -2.41. The van der Waals surface area contributed by atoms with Crippen molar-refractivity contribution in [3.05, 3.63) is 48.2 Å². The fraction of sp³-hybridized carbons (Fsp3) is 0.458. The molecule has 2 amide bonds. The third-order valence-electron chi connectivity index (χ3n) is 6.22. The molecule has 1 aromatic carbocycles. The van der Waals surface area contributed by atoms with Crippen LogP contribution in [-0.4, -0.2) is 51.2 Å². The fourth-order valence-corrected chi connectivity index (χ4v) is 4.48. The molecule has 1 aliphatic rings. The van der Waals surface area contributed by atoms with Crippen molar-refractivity contribution in [1.82, 2.24) is 19.5 Å². The first-order valence-corrected chi connectivity index (χ1v) is 11.3. The highest BCUT2D eigenvalue weighted by Gasteiger charge is 2.29. The van der Waals surface area contributed by atoms with Crippen LogP contribution in [0.25, 0.3) is 16.9 Å². The lowest BCUT2D eigenvalue weighted by Crippen LogP contribution is -2.57. The average molecular weight is 421 g/mol. The van der Waals surface area contributed by atoms with Gasteiger partial charge < -0.3 is 15.5 Å². The van der Waals surface area contributed by atoms with Gasteiger partial charge in [0.1, 0.15) is 5.82 Å². The first-order valence-electron chi connectivity index (χ1n) is 11.3. The molecule has 1 aliphatic heterocycles. The van der Waals surface area contributed by atoms with E-state index in [4.69, 9.17) is 15.8 Å². The second-order valence-electron chi connectivity index (χ2n) is 8.35. The van der Waals surface area contributed by atoms with Crippen molar-refractivity contribution >= 4 is 17.5 Å². The molecule has 4 rings (SSSR count). The standard InChI is InChI=1S/C24H32N6O/c1-3-4-5-9-12-20-17-28(15-16-29(20)24(25)31)22-14-13-21-26-23(18(2)30(21)27-22)19-10-7-6-8-11-19/h6-8,10-11,13-14,20H,3-5,9,12,15-17H2,1-2H3,(H2,25,31). The van der Waals surface area contributed by atoms with E-state index in [-0.39, 0.29) is 12.1 Å². The molecule has 0 bridgehead atoms. The number of aromatic nitrogens is 3. The molecule has 3 aromatic rings. The topological polar surface area (TPSA) is 79.8 Å². The molecule has 0 saturated carbocycles. The third kappa shape index (κ3) is 4.50. The summed E-state index contributed by atoms with van der Waals surface area (Å²) in [4.78, 5) is 20.8. The van der Waals surface area contributed by atoms with Gasteiger partial charge in [-0.25, -0.2) is 14.3 Å². The number of carbonyl (C=O) groups excluding carboxylic acids is 1. The highest BCUT2D eigenvalue weighted by molar-refractivity contribution is 5.73. The molecule has 31 heavy (non-hydrogen) atoms. The quantitative estimate of drug-likeness (QED) is 0.580. The summed E-state index contributed by atoms with van der Waals surface area (Å²) in [6.07, 6.45) is 5.72. The summed E-state index contributed by atoms with van der Waals surface area (Å²) in [5.41, 5.74) is 9.58. The van der Waals surface area contributed by atoms with E-state index in [0.717, 1.165) is 54.3 Å². The molecule has 2 aromatic heterocycles. The average Bonchev–Trinajstić information content (AvgIpc) is 3.13. The Hall–Kier alpha value is -3.09. The summed E-state index contributed by atoms with van der Waals surface area (Å²) in [6.45, 7) is 6.38. The van der Waals surface area contributed by atoms with Crippen LogP contribution in [0, 0.1) is 6.92 Å². The van der Waals surface area contributed by atoms with Crippen LogP contribution in [0.1, 0.15) is 44.7 Å². The zero-order valence-corrected chi connectivity index (χ0v) is 18.5. The monoisotopic (exact) mass is 420 g/mol. The summed E-state index contributed by atoms with van der Waals surface area (Å²) >= 11 is 0. The number of imidazole rings is 1. The molecule has 1 atom stereocenters. The van der Waals surface area contributed by atoms with E-state index in [1.165, 1.54) is 19.3 Å². The number of nitrogens with two attached hydrogens (primary N) is 1. The van der Waals surface area contributed by atoms with Crippen LogP contribution >= 0.6 is 0 Å². The summed E-state index contributed by atoms with van der Waals surface area (Å²) in [5.74, 6) is 0.912. The number of hydrogen-bond acceptors (Lipinski definition) is 4. The van der Waals surface area contributed by atoms with E-state index >= 15 is 0 Å². The first kappa shape index (κ1) is 21.2. The van der Waals surface area contributed by atoms with Gasteiger partial charge in [-0.15, -0.1) is 5.10 Å². The second-order valence-corrected chi connectivity index (χ2v) is 8.35. The molecule has 0 radical (unpaired) electrons. The Morgan fingerprint density at radius 1 is 1.10 bits per heavy atom. The number of aryl methyl sites for hydroxylation is 1. The normalized spacial score (nSPS) is 16.8. The summed E-state index contributed by atoms with van der Waals surface area (Å²) in [6, 6.07) is 14.1. The van der Waals surface area contributed by atoms with Crippen LogP contribution in [0.2, 0.25) is 0 Å². The van der Waals surface area contributed by atoms with Crippen molar-refractivity contribution in [3.63, 3.8) is 0 Å². The minimum atomic E-state index is -0.318. The highest BCUT2D eigenvalue weighted by atomic mass is 16.2. The maximum atomic E-state index is 12.0. The molecule has 164 valence electrons. The minimum absolute atomic E-state index is 0.129. The van der Waals surface area contributed by atoms with Crippen LogP contribution in [0.15, 0.2) is 42.5 Å². The van der Waals surface area contributed by atoms with Crippen molar-refractivity contribution in [2.75, 3.05) is 24.5 Å². The fourth-order valence-electron chi connectivity index (χ4n) is 4.48. The molecule has 1 fully saturated rings. The Kier molecular flexibility index (Phi) is 6.39. The SMILES string of the molecule is CCCCCCC1CN(c2ccc3nc(-c4ccccc4)c(C)n3n2)CCN1C(N)=O. The predicted molar refractivity (Wildman–Crippen MR) is 124 cm³/mol. The van der Waals surface area contributed by atoms with Gasteiger partial charge in [0.15, 0.2) is 5.65 Å². The number of piperazine rings is 1. The van der Waals surface area contributed by atoms with Gasteiger partial charge in [0.25, 0.3) is 0 Å². The zero-order chi connectivity index (χ0) is 21.8. The van der Waals surface area contributed by atoms with Gasteiger partial charge in [0.05, 0.1) is 17.4 Å². The van der Waals surface area contributed by atoms with Crippen molar-refractivity contribution in [3.8, 4) is 11.3 Å². The number of anilines is 1. The molecule has 7 heteroatoms. The number of rotatable bonds is 7. The number of amides is 2. The molecule has 1 saturated heterocycles. The van der Waals surface area contributed by atoms with Gasteiger partial charge in [-0.2, -0.15) is 0 Å². The molecule has 0 spiro atoms. The maximum absolute atomic E-state index is 12.0. The lowest BCUT2D eigenvalue weighted by atomic mass is 10.0. The Labute approximate surface area is 183 Å². The van der Waals surface area contributed by atoms with Crippen LogP contribution in [-0.2, 0) is 0 Å². The van der Waals surface area contributed by atoms with Gasteiger partial charge in [-0.05, 0) is 25.5 Å². The Bertz CT molecular complexity index is 1030. The third-order valence-corrected chi connectivity index (χ3v) is 6.22. The smallest absolute Gasteiger partial charge is 0.315 e. The number of nitrogens with zero attached hydrogens (tertiary/aromatic N) is 5. The number of carbonyl (C=O) groups is 1. The number of benzene rings is 1. The Balaban J connectivity index is 1.56. The number of hydrogen-bond donors (Lipinski definition) is 1. The van der Waals surface area contributed by atoms with Gasteiger partial charge in [-0.3, -0.25) is 0 Å². The van der Waals surface area contributed by atoms with Gasteiger partial charge in [0.2, 0.25) is 0 Å². The molecule has 3 heterocycles. The molecule has 2 N–H and O–H groups in total. The van der Waals surface area contributed by atoms with E-state index in [2.05, 4.69) is 30.9 Å². The lowest BCUT2D eigenvalue weighted by molar-refractivity contribution is 0.168. The largest absolute Gasteiger partial charge is 0.351 e. The number of urea groups is 1. The zero-order valence-electron chi connectivity index (χ0n) is 18.5. The van der Waals surface area contributed by atoms with Gasteiger partial charge in [-0.1, -0.05) is 62.9 Å².